The molecule has 8 heteroatoms. The molecule has 0 aliphatic heterocycles. The highest BCUT2D eigenvalue weighted by Crippen LogP contribution is 2.16. The lowest BCUT2D eigenvalue weighted by Crippen LogP contribution is -2.38. The molecule has 1 aromatic heterocycles. The van der Waals surface area contributed by atoms with Gasteiger partial charge in [-0.2, -0.15) is 4.31 Å². The Morgan fingerprint density at radius 3 is 2.60 bits per heavy atom. The molecular weight excluding hydrogens is 296 g/mol. The predicted octanol–water partition coefficient (Wildman–Crippen LogP) is 1.29. The number of aromatic nitrogens is 2. The van der Waals surface area contributed by atoms with Crippen LogP contribution in [0.5, 0.6) is 0 Å². The molecule has 1 aromatic rings. The molecule has 0 atom stereocenters. The molecule has 0 amide bonds. The van der Waals surface area contributed by atoms with Gasteiger partial charge < -0.3 is 10.3 Å². The van der Waals surface area contributed by atoms with Crippen molar-refractivity contribution < 1.29 is 8.42 Å². The molecule has 0 saturated heterocycles. The molecule has 0 aliphatic rings. The summed E-state index contributed by atoms with van der Waals surface area (Å²) in [7, 11) is -3.64. The van der Waals surface area contributed by atoms with E-state index in [0.29, 0.717) is 18.8 Å². The summed E-state index contributed by atoms with van der Waals surface area (Å²) >= 11 is 4.82. The van der Waals surface area contributed by atoms with E-state index in [4.69, 9.17) is 18.0 Å². The number of aryl methyl sites for hydroxylation is 2. The van der Waals surface area contributed by atoms with Crippen LogP contribution in [0.15, 0.2) is 11.2 Å². The van der Waals surface area contributed by atoms with Crippen LogP contribution in [0.1, 0.15) is 32.5 Å². The summed E-state index contributed by atoms with van der Waals surface area (Å²) in [5, 5.41) is 0.0631. The molecule has 0 radical (unpaired) electrons. The minimum Gasteiger partial charge on any atom is -0.392 e. The molecule has 1 heterocycles. The summed E-state index contributed by atoms with van der Waals surface area (Å²) in [6.07, 6.45) is 3.19. The molecule has 20 heavy (non-hydrogen) atoms. The van der Waals surface area contributed by atoms with Gasteiger partial charge in [0, 0.05) is 19.3 Å². The van der Waals surface area contributed by atoms with Gasteiger partial charge in [-0.25, -0.2) is 13.4 Å². The Morgan fingerprint density at radius 1 is 1.45 bits per heavy atom. The lowest BCUT2D eigenvalue weighted by Gasteiger charge is -2.19. The SMILES string of the molecule is CCCN(CC(N)=S)S(=O)(=O)c1cn(CCC)c(C)n1. The summed E-state index contributed by atoms with van der Waals surface area (Å²) < 4.78 is 28.3. The monoisotopic (exact) mass is 318 g/mol. The summed E-state index contributed by atoms with van der Waals surface area (Å²) in [5.41, 5.74) is 5.48. The number of rotatable bonds is 8. The Bertz CT molecular complexity index is 566. The van der Waals surface area contributed by atoms with Gasteiger partial charge in [0.1, 0.15) is 5.82 Å². The Labute approximate surface area is 126 Å². The largest absolute Gasteiger partial charge is 0.392 e. The van der Waals surface area contributed by atoms with Gasteiger partial charge in [-0.3, -0.25) is 0 Å². The summed E-state index contributed by atoms with van der Waals surface area (Å²) in [6, 6.07) is 0. The third-order valence-electron chi connectivity index (χ3n) is 2.83. The lowest BCUT2D eigenvalue weighted by molar-refractivity contribution is 0.447. The molecular formula is C12H22N4O2S2. The third kappa shape index (κ3) is 4.00. The van der Waals surface area contributed by atoms with Gasteiger partial charge in [-0.1, -0.05) is 26.1 Å². The zero-order valence-corrected chi connectivity index (χ0v) is 13.8. The van der Waals surface area contributed by atoms with Crippen molar-refractivity contribution in [3.8, 4) is 0 Å². The first-order valence-electron chi connectivity index (χ1n) is 6.65. The van der Waals surface area contributed by atoms with Crippen LogP contribution in [0.25, 0.3) is 0 Å². The van der Waals surface area contributed by atoms with E-state index in [-0.39, 0.29) is 16.6 Å². The van der Waals surface area contributed by atoms with E-state index in [2.05, 4.69) is 4.98 Å². The minimum atomic E-state index is -3.64. The molecule has 114 valence electrons. The molecule has 0 fully saturated rings. The van der Waals surface area contributed by atoms with Crippen molar-refractivity contribution in [3.05, 3.63) is 12.0 Å². The van der Waals surface area contributed by atoms with Gasteiger partial charge >= 0.3 is 0 Å². The number of sulfonamides is 1. The zero-order chi connectivity index (χ0) is 15.3. The van der Waals surface area contributed by atoms with E-state index in [1.54, 1.807) is 13.1 Å². The van der Waals surface area contributed by atoms with Crippen molar-refractivity contribution >= 4 is 27.2 Å². The number of nitrogens with zero attached hydrogens (tertiary/aromatic N) is 3. The fourth-order valence-corrected chi connectivity index (χ4v) is 3.65. The molecule has 6 nitrogen and oxygen atoms in total. The lowest BCUT2D eigenvalue weighted by atomic mass is 10.5. The van der Waals surface area contributed by atoms with E-state index >= 15 is 0 Å². The second-order valence-electron chi connectivity index (χ2n) is 4.62. The number of thiocarbonyl (C=S) groups is 1. The standard InChI is InChI=1S/C12H22N4O2S2/c1-4-6-15-9-12(14-10(15)3)20(17,18)16(7-5-2)8-11(13)19/h9H,4-8H2,1-3H3,(H2,13,19). The Kier molecular flexibility index (Phi) is 6.09. The zero-order valence-electron chi connectivity index (χ0n) is 12.2. The van der Waals surface area contributed by atoms with Crippen molar-refractivity contribution in [2.75, 3.05) is 13.1 Å². The molecule has 1 rings (SSSR count). The van der Waals surface area contributed by atoms with Crippen molar-refractivity contribution in [1.29, 1.82) is 0 Å². The highest BCUT2D eigenvalue weighted by atomic mass is 32.2. The first-order valence-corrected chi connectivity index (χ1v) is 8.50. The highest BCUT2D eigenvalue weighted by molar-refractivity contribution is 7.89. The van der Waals surface area contributed by atoms with Gasteiger partial charge in [-0.15, -0.1) is 0 Å². The highest BCUT2D eigenvalue weighted by Gasteiger charge is 2.27. The maximum atomic E-state index is 12.6. The second-order valence-corrected chi connectivity index (χ2v) is 7.03. The fourth-order valence-electron chi connectivity index (χ4n) is 1.91. The van der Waals surface area contributed by atoms with Crippen LogP contribution in [0.4, 0.5) is 0 Å². The molecule has 0 bridgehead atoms. The Balaban J connectivity index is 3.12. The second kappa shape index (κ2) is 7.14. The average Bonchev–Trinajstić information content (AvgIpc) is 2.71. The summed E-state index contributed by atoms with van der Waals surface area (Å²) in [5.74, 6) is 0.692. The number of hydrogen-bond acceptors (Lipinski definition) is 4. The van der Waals surface area contributed by atoms with Gasteiger partial charge in [0.2, 0.25) is 0 Å². The normalized spacial score (nSPS) is 12.0. The van der Waals surface area contributed by atoms with Crippen LogP contribution < -0.4 is 5.73 Å². The summed E-state index contributed by atoms with van der Waals surface area (Å²) in [4.78, 5) is 4.32. The van der Waals surface area contributed by atoms with E-state index < -0.39 is 10.0 Å². The molecule has 0 aliphatic carbocycles. The maximum Gasteiger partial charge on any atom is 0.262 e. The quantitative estimate of drug-likeness (QED) is 0.730. The first kappa shape index (κ1) is 17.1. The van der Waals surface area contributed by atoms with E-state index in [1.165, 1.54) is 4.31 Å². The number of hydrogen-bond donors (Lipinski definition) is 1. The van der Waals surface area contributed by atoms with Gasteiger partial charge in [-0.05, 0) is 19.8 Å². The Hall–Kier alpha value is -0.990. The molecule has 0 spiro atoms. The maximum absolute atomic E-state index is 12.6. The van der Waals surface area contributed by atoms with Crippen molar-refractivity contribution in [2.45, 2.75) is 45.2 Å². The molecule has 0 saturated carbocycles. The van der Waals surface area contributed by atoms with Crippen LogP contribution >= 0.6 is 12.2 Å². The van der Waals surface area contributed by atoms with Gasteiger partial charge in [0.15, 0.2) is 5.03 Å². The van der Waals surface area contributed by atoms with Crippen molar-refractivity contribution in [1.82, 2.24) is 13.9 Å². The average molecular weight is 318 g/mol. The van der Waals surface area contributed by atoms with E-state index in [9.17, 15) is 8.42 Å². The van der Waals surface area contributed by atoms with Crippen LogP contribution in [0.3, 0.4) is 0 Å². The third-order valence-corrected chi connectivity index (χ3v) is 4.67. The van der Waals surface area contributed by atoms with Crippen LogP contribution in [0, 0.1) is 6.92 Å². The van der Waals surface area contributed by atoms with Gasteiger partial charge in [0.25, 0.3) is 10.0 Å². The van der Waals surface area contributed by atoms with Crippen LogP contribution in [-0.2, 0) is 16.6 Å². The van der Waals surface area contributed by atoms with Crippen LogP contribution in [-0.4, -0.2) is 40.4 Å². The van der Waals surface area contributed by atoms with Crippen molar-refractivity contribution in [2.24, 2.45) is 5.73 Å². The number of nitrogens with two attached hydrogens (primary N) is 1. The predicted molar refractivity (Wildman–Crippen MR) is 83.1 cm³/mol. The number of imidazole rings is 1. The van der Waals surface area contributed by atoms with Crippen molar-refractivity contribution in [3.63, 3.8) is 0 Å². The van der Waals surface area contributed by atoms with E-state index in [0.717, 1.165) is 13.0 Å². The first-order chi connectivity index (χ1) is 9.32. The molecule has 2 N–H and O–H groups in total. The molecule has 0 aromatic carbocycles. The molecule has 0 unspecified atom stereocenters. The Morgan fingerprint density at radius 2 is 2.10 bits per heavy atom. The smallest absolute Gasteiger partial charge is 0.262 e. The summed E-state index contributed by atoms with van der Waals surface area (Å²) in [6.45, 7) is 6.90. The minimum absolute atomic E-state index is 0.0468. The topological polar surface area (TPSA) is 81.2 Å². The fraction of sp³-hybridized carbons (Fsp3) is 0.667. The van der Waals surface area contributed by atoms with Gasteiger partial charge in [0.05, 0.1) is 11.5 Å². The van der Waals surface area contributed by atoms with E-state index in [1.807, 2.05) is 18.4 Å². The van der Waals surface area contributed by atoms with Crippen LogP contribution in [0.2, 0.25) is 0 Å².